The van der Waals surface area contributed by atoms with Gasteiger partial charge in [0.25, 0.3) is 0 Å². The van der Waals surface area contributed by atoms with Crippen LogP contribution in [0.2, 0.25) is 0 Å². The first-order chi connectivity index (χ1) is 11.6. The summed E-state index contributed by atoms with van der Waals surface area (Å²) in [4.78, 5) is 4.61. The molecule has 24 heavy (non-hydrogen) atoms. The van der Waals surface area contributed by atoms with Gasteiger partial charge in [-0.2, -0.15) is 0 Å². The molecule has 1 atom stereocenters. The third-order valence-electron chi connectivity index (χ3n) is 3.46. The summed E-state index contributed by atoms with van der Waals surface area (Å²) in [5.41, 5.74) is 1.00. The lowest BCUT2D eigenvalue weighted by atomic mass is 10.2. The van der Waals surface area contributed by atoms with Gasteiger partial charge in [-0.05, 0) is 36.8 Å². The van der Waals surface area contributed by atoms with Crippen LogP contribution in [0.4, 0.5) is 4.39 Å². The van der Waals surface area contributed by atoms with E-state index in [0.717, 1.165) is 12.1 Å². The van der Waals surface area contributed by atoms with Gasteiger partial charge in [0.05, 0.1) is 12.7 Å². The summed E-state index contributed by atoms with van der Waals surface area (Å²) < 4.78 is 18.3. The van der Waals surface area contributed by atoms with Gasteiger partial charge in [0.1, 0.15) is 12.4 Å². The van der Waals surface area contributed by atoms with Crippen LogP contribution in [-0.2, 0) is 17.8 Å². The number of terminal acetylenes is 1. The summed E-state index contributed by atoms with van der Waals surface area (Å²) in [5.74, 6) is 2.14. The number of halogens is 1. The molecule has 0 aliphatic heterocycles. The van der Waals surface area contributed by atoms with Crippen LogP contribution in [0.3, 0.4) is 0 Å². The highest BCUT2D eigenvalue weighted by Crippen LogP contribution is 2.19. The van der Waals surface area contributed by atoms with Crippen molar-refractivity contribution in [2.75, 3.05) is 19.8 Å². The molecule has 0 spiro atoms. The maximum atomic E-state index is 13.1. The van der Waals surface area contributed by atoms with Crippen LogP contribution in [0.5, 0.6) is 0 Å². The van der Waals surface area contributed by atoms with E-state index in [4.69, 9.17) is 11.2 Å². The Balaban J connectivity index is 1.99. The Kier molecular flexibility index (Phi) is 7.41. The zero-order chi connectivity index (χ0) is 17.4. The number of benzene rings is 1. The first kappa shape index (κ1) is 18.6. The average Bonchev–Trinajstić information content (AvgIpc) is 2.95. The van der Waals surface area contributed by atoms with Crippen molar-refractivity contribution in [1.29, 1.82) is 0 Å². The number of thiophene rings is 1. The zero-order valence-corrected chi connectivity index (χ0v) is 14.6. The fraction of sp³-hybridized carbons (Fsp3) is 0.368. The molecule has 1 heterocycles. The van der Waals surface area contributed by atoms with Crippen LogP contribution in [-0.4, -0.2) is 35.9 Å². The normalized spacial score (nSPS) is 12.3. The van der Waals surface area contributed by atoms with Gasteiger partial charge in [0.2, 0.25) is 0 Å². The Morgan fingerprint density at radius 2 is 2.00 bits per heavy atom. The van der Waals surface area contributed by atoms with E-state index in [1.165, 1.54) is 21.9 Å². The van der Waals surface area contributed by atoms with Gasteiger partial charge in [-0.25, -0.2) is 4.39 Å². The Labute approximate surface area is 146 Å². The third kappa shape index (κ3) is 6.42. The minimum Gasteiger partial charge on any atom is -0.389 e. The largest absolute Gasteiger partial charge is 0.389 e. The maximum absolute atomic E-state index is 13.1. The number of aryl methyl sites for hydroxylation is 1. The van der Waals surface area contributed by atoms with E-state index < -0.39 is 6.10 Å². The molecule has 0 unspecified atom stereocenters. The molecule has 0 aliphatic rings. The Bertz CT molecular complexity index is 663. The second-order valence-corrected chi connectivity index (χ2v) is 7.05. The van der Waals surface area contributed by atoms with E-state index >= 15 is 0 Å². The van der Waals surface area contributed by atoms with Gasteiger partial charge in [-0.1, -0.05) is 18.1 Å². The molecule has 0 saturated carbocycles. The Morgan fingerprint density at radius 1 is 1.25 bits per heavy atom. The van der Waals surface area contributed by atoms with Crippen molar-refractivity contribution in [3.63, 3.8) is 0 Å². The lowest BCUT2D eigenvalue weighted by Crippen LogP contribution is -2.34. The van der Waals surface area contributed by atoms with Crippen molar-refractivity contribution < 1.29 is 14.2 Å². The van der Waals surface area contributed by atoms with Crippen molar-refractivity contribution in [3.8, 4) is 12.3 Å². The van der Waals surface area contributed by atoms with Gasteiger partial charge in [-0.3, -0.25) is 4.90 Å². The summed E-state index contributed by atoms with van der Waals surface area (Å²) in [7, 11) is 0. The van der Waals surface area contributed by atoms with E-state index in [0.29, 0.717) is 13.1 Å². The topological polar surface area (TPSA) is 32.7 Å². The highest BCUT2D eigenvalue weighted by molar-refractivity contribution is 7.11. The Morgan fingerprint density at radius 3 is 2.62 bits per heavy atom. The summed E-state index contributed by atoms with van der Waals surface area (Å²) in [6, 6.07) is 10.6. The van der Waals surface area contributed by atoms with Crippen LogP contribution in [0.25, 0.3) is 0 Å². The fourth-order valence-corrected chi connectivity index (χ4v) is 3.36. The van der Waals surface area contributed by atoms with Crippen molar-refractivity contribution in [3.05, 3.63) is 57.5 Å². The number of ether oxygens (including phenoxy) is 1. The molecule has 128 valence electrons. The van der Waals surface area contributed by atoms with E-state index in [-0.39, 0.29) is 19.0 Å². The molecule has 1 aromatic carbocycles. The van der Waals surface area contributed by atoms with E-state index in [9.17, 15) is 9.50 Å². The van der Waals surface area contributed by atoms with Crippen LogP contribution in [0, 0.1) is 25.1 Å². The molecule has 0 saturated heterocycles. The smallest absolute Gasteiger partial charge is 0.123 e. The van der Waals surface area contributed by atoms with E-state index in [1.807, 2.05) is 0 Å². The fourth-order valence-electron chi connectivity index (χ4n) is 2.43. The standard InChI is InChI=1S/C19H22FNO2S/c1-3-10-23-14-18(22)12-21(13-19-9-4-15(2)24-19)11-16-5-7-17(20)8-6-16/h1,4-9,18,22H,10-14H2,2H3/t18-/m0/s1. The number of hydrogen-bond acceptors (Lipinski definition) is 4. The second kappa shape index (κ2) is 9.55. The molecule has 0 aliphatic carbocycles. The quantitative estimate of drug-likeness (QED) is 0.558. The third-order valence-corrected chi connectivity index (χ3v) is 4.44. The van der Waals surface area contributed by atoms with Crippen LogP contribution >= 0.6 is 11.3 Å². The van der Waals surface area contributed by atoms with E-state index in [1.54, 1.807) is 23.5 Å². The molecule has 2 aromatic rings. The SMILES string of the molecule is C#CCOC[C@@H](O)CN(Cc1ccc(F)cc1)Cc1ccc(C)s1. The zero-order valence-electron chi connectivity index (χ0n) is 13.7. The molecule has 0 fully saturated rings. The summed E-state index contributed by atoms with van der Waals surface area (Å²) >= 11 is 1.74. The molecule has 5 heteroatoms. The average molecular weight is 347 g/mol. The highest BCUT2D eigenvalue weighted by Gasteiger charge is 2.14. The molecule has 0 radical (unpaired) electrons. The lowest BCUT2D eigenvalue weighted by molar-refractivity contribution is 0.0245. The van der Waals surface area contributed by atoms with Gasteiger partial charge >= 0.3 is 0 Å². The number of aliphatic hydroxyl groups excluding tert-OH is 1. The summed E-state index contributed by atoms with van der Waals surface area (Å²) in [6.45, 7) is 4.28. The molecule has 3 nitrogen and oxygen atoms in total. The highest BCUT2D eigenvalue weighted by atomic mass is 32.1. The minimum atomic E-state index is -0.625. The first-order valence-corrected chi connectivity index (χ1v) is 8.60. The van der Waals surface area contributed by atoms with Gasteiger partial charge in [0.15, 0.2) is 0 Å². The molecular formula is C19H22FNO2S. The van der Waals surface area contributed by atoms with Crippen LogP contribution < -0.4 is 0 Å². The molecule has 0 bridgehead atoms. The predicted molar refractivity (Wildman–Crippen MR) is 95.2 cm³/mol. The van der Waals surface area contributed by atoms with Crippen molar-refractivity contribution in [2.24, 2.45) is 0 Å². The van der Waals surface area contributed by atoms with Gasteiger partial charge < -0.3 is 9.84 Å². The molecule has 1 aromatic heterocycles. The monoisotopic (exact) mass is 347 g/mol. The van der Waals surface area contributed by atoms with E-state index in [2.05, 4.69) is 29.9 Å². The Hall–Kier alpha value is -1.71. The number of nitrogens with zero attached hydrogens (tertiary/aromatic N) is 1. The van der Waals surface area contributed by atoms with Crippen LogP contribution in [0.15, 0.2) is 36.4 Å². The first-order valence-electron chi connectivity index (χ1n) is 7.78. The number of aliphatic hydroxyl groups is 1. The maximum Gasteiger partial charge on any atom is 0.123 e. The minimum absolute atomic E-state index is 0.194. The van der Waals surface area contributed by atoms with Gasteiger partial charge in [-0.15, -0.1) is 17.8 Å². The van der Waals surface area contributed by atoms with Crippen molar-refractivity contribution in [2.45, 2.75) is 26.1 Å². The van der Waals surface area contributed by atoms with Gasteiger partial charge in [0, 0.05) is 29.4 Å². The molecule has 0 amide bonds. The lowest BCUT2D eigenvalue weighted by Gasteiger charge is -2.24. The predicted octanol–water partition coefficient (Wildman–Crippen LogP) is 3.21. The molecule has 1 N–H and O–H groups in total. The molecule has 2 rings (SSSR count). The number of rotatable bonds is 9. The summed E-state index contributed by atoms with van der Waals surface area (Å²) in [6.07, 6.45) is 4.51. The van der Waals surface area contributed by atoms with Crippen molar-refractivity contribution >= 4 is 11.3 Å². The molecular weight excluding hydrogens is 325 g/mol. The van der Waals surface area contributed by atoms with Crippen LogP contribution in [0.1, 0.15) is 15.3 Å². The second-order valence-electron chi connectivity index (χ2n) is 5.68. The summed E-state index contributed by atoms with van der Waals surface area (Å²) in [5, 5.41) is 10.2. The number of hydrogen-bond donors (Lipinski definition) is 1. The van der Waals surface area contributed by atoms with Crippen molar-refractivity contribution in [1.82, 2.24) is 4.90 Å².